The molecule has 6 bridgehead atoms. The van der Waals surface area contributed by atoms with E-state index in [9.17, 15) is 19.2 Å². The lowest BCUT2D eigenvalue weighted by Gasteiger charge is -2.54. The summed E-state index contributed by atoms with van der Waals surface area (Å²) in [5, 5.41) is 8.27. The molecule has 64 heavy (non-hydrogen) atoms. The molecular weight excluding hydrogens is 831 g/mol. The molecule has 1 aromatic carbocycles. The Labute approximate surface area is 380 Å². The number of nitrogens with one attached hydrogen (secondary N) is 2. The molecule has 344 valence electrons. The number of pyridine rings is 1. The highest BCUT2D eigenvalue weighted by molar-refractivity contribution is 7.10. The number of cyclic esters (lactones) is 1. The Hall–Kier alpha value is -4.90. The molecule has 3 saturated heterocycles. The maximum atomic E-state index is 14.6. The number of hydrogen-bond acceptors (Lipinski definition) is 11. The van der Waals surface area contributed by atoms with Crippen LogP contribution in [0.4, 0.5) is 4.79 Å². The quantitative estimate of drug-likeness (QED) is 0.204. The standard InChI is InChI=1S/C48H65N9O6S/c1-10-55-38-16-15-30-21-33(38)34(43(55)32-13-11-18-49-41(32)29(4)62-9)23-48(5,6)27-63-46(60)35-14-12-19-57(52-35)45(59)36(22-40-50-37(30)26-64-40)51-44(58)42(28(2)3)54(8)47(61)56-24-31-17-20-53(7)25-39(31)56/h11,13,15-16,18,21,26,28-29,31,35-36,39,42,52H,10,12,14,17,19-20,22-25,27H2,1-9H3,(H,51,58)/t29-,31?,35-,36-,39?,42-/m0/s1. The number of likely N-dealkylation sites (tertiary alicyclic amines) is 2. The van der Waals surface area contributed by atoms with Crippen LogP contribution < -0.4 is 10.7 Å². The van der Waals surface area contributed by atoms with Crippen LogP contribution >= 0.6 is 11.3 Å². The largest absolute Gasteiger partial charge is 0.464 e. The summed E-state index contributed by atoms with van der Waals surface area (Å²) in [6, 6.07) is 7.81. The fourth-order valence-electron chi connectivity index (χ4n) is 10.2. The van der Waals surface area contributed by atoms with Gasteiger partial charge in [-0.2, -0.15) is 0 Å². The number of thiazole rings is 1. The molecule has 4 aliphatic heterocycles. The summed E-state index contributed by atoms with van der Waals surface area (Å²) in [5.74, 6) is -0.999. The molecule has 8 rings (SSSR count). The van der Waals surface area contributed by atoms with Crippen LogP contribution in [0.5, 0.6) is 0 Å². The lowest BCUT2D eigenvalue weighted by Crippen LogP contribution is -2.68. The van der Waals surface area contributed by atoms with Gasteiger partial charge in [0.15, 0.2) is 0 Å². The first kappa shape index (κ1) is 45.7. The Bertz CT molecular complexity index is 2390. The highest BCUT2D eigenvalue weighted by atomic mass is 32.1. The number of hydrazine groups is 1. The first-order valence-corrected chi connectivity index (χ1v) is 23.8. The molecule has 15 nitrogen and oxygen atoms in total. The summed E-state index contributed by atoms with van der Waals surface area (Å²) in [7, 11) is 5.45. The maximum absolute atomic E-state index is 14.6. The number of benzene rings is 1. The van der Waals surface area contributed by atoms with Gasteiger partial charge in [0.05, 0.1) is 40.8 Å². The number of rotatable bonds is 8. The Morgan fingerprint density at radius 1 is 1.12 bits per heavy atom. The van der Waals surface area contributed by atoms with Crippen molar-refractivity contribution in [3.8, 4) is 22.5 Å². The molecule has 4 amide bonds. The number of likely N-dealkylation sites (N-methyl/N-ethyl adjacent to an activating group) is 2. The minimum atomic E-state index is -1.03. The summed E-state index contributed by atoms with van der Waals surface area (Å²) in [5.41, 5.74) is 9.43. The number of amides is 4. The zero-order valence-electron chi connectivity index (χ0n) is 38.8. The number of nitrogens with zero attached hydrogens (tertiary/aromatic N) is 7. The monoisotopic (exact) mass is 895 g/mol. The molecule has 0 radical (unpaired) electrons. The number of urea groups is 1. The van der Waals surface area contributed by atoms with Crippen LogP contribution in [-0.2, 0) is 43.2 Å². The van der Waals surface area contributed by atoms with E-state index in [1.165, 1.54) is 16.3 Å². The lowest BCUT2D eigenvalue weighted by atomic mass is 9.82. The third-order valence-electron chi connectivity index (χ3n) is 13.8. The zero-order valence-corrected chi connectivity index (χ0v) is 39.7. The van der Waals surface area contributed by atoms with Crippen molar-refractivity contribution in [2.24, 2.45) is 17.3 Å². The highest BCUT2D eigenvalue weighted by Crippen LogP contribution is 2.42. The molecule has 6 atom stereocenters. The molecular formula is C48H65N9O6S. The number of aryl methyl sites for hydroxylation is 1. The molecule has 3 aromatic heterocycles. The zero-order chi connectivity index (χ0) is 45.6. The van der Waals surface area contributed by atoms with Crippen LogP contribution in [0.1, 0.15) is 83.2 Å². The number of piperidine rings is 1. The summed E-state index contributed by atoms with van der Waals surface area (Å²) in [4.78, 5) is 72.6. The molecule has 2 unspecified atom stereocenters. The fraction of sp³-hybridized carbons (Fsp3) is 0.583. The van der Waals surface area contributed by atoms with Gasteiger partial charge in [-0.25, -0.2) is 15.2 Å². The van der Waals surface area contributed by atoms with Crippen LogP contribution in [0, 0.1) is 17.3 Å². The number of carbonyl (C=O) groups excluding carboxylic acids is 4. The van der Waals surface area contributed by atoms with Crippen molar-refractivity contribution in [3.63, 3.8) is 0 Å². The third kappa shape index (κ3) is 8.90. The van der Waals surface area contributed by atoms with Crippen molar-refractivity contribution in [3.05, 3.63) is 58.2 Å². The summed E-state index contributed by atoms with van der Waals surface area (Å²) in [6.45, 7) is 15.9. The van der Waals surface area contributed by atoms with E-state index in [1.807, 2.05) is 37.1 Å². The average molecular weight is 896 g/mol. The molecule has 0 saturated carbocycles. The van der Waals surface area contributed by atoms with Crippen molar-refractivity contribution in [2.75, 3.05) is 54.0 Å². The molecule has 2 N–H and O–H groups in total. The highest BCUT2D eigenvalue weighted by Gasteiger charge is 2.47. The minimum Gasteiger partial charge on any atom is -0.464 e. The van der Waals surface area contributed by atoms with Gasteiger partial charge in [-0.3, -0.25) is 24.4 Å². The molecule has 4 aromatic rings. The Morgan fingerprint density at radius 3 is 2.67 bits per heavy atom. The van der Waals surface area contributed by atoms with E-state index in [-0.39, 0.29) is 43.0 Å². The van der Waals surface area contributed by atoms with E-state index >= 15 is 0 Å². The van der Waals surface area contributed by atoms with E-state index in [1.54, 1.807) is 25.3 Å². The predicted octanol–water partition coefficient (Wildman–Crippen LogP) is 5.91. The smallest absolute Gasteiger partial charge is 0.324 e. The summed E-state index contributed by atoms with van der Waals surface area (Å²) >= 11 is 1.44. The second-order valence-electron chi connectivity index (χ2n) is 19.4. The lowest BCUT2D eigenvalue weighted by molar-refractivity contribution is -0.155. The van der Waals surface area contributed by atoms with Gasteiger partial charge in [0.2, 0.25) is 5.91 Å². The van der Waals surface area contributed by atoms with Gasteiger partial charge in [0, 0.05) is 85.8 Å². The second-order valence-corrected chi connectivity index (χ2v) is 20.3. The normalized spacial score (nSPS) is 23.8. The Balaban J connectivity index is 1.16. The Kier molecular flexibility index (Phi) is 13.2. The van der Waals surface area contributed by atoms with E-state index in [2.05, 4.69) is 72.3 Å². The molecule has 7 heterocycles. The van der Waals surface area contributed by atoms with Crippen molar-refractivity contribution < 1.29 is 28.7 Å². The van der Waals surface area contributed by atoms with Crippen LogP contribution in [0.2, 0.25) is 0 Å². The summed E-state index contributed by atoms with van der Waals surface area (Å²) in [6.07, 6.45) is 4.38. The topological polar surface area (TPSA) is 154 Å². The number of hydrogen-bond donors (Lipinski definition) is 2. The molecule has 3 fully saturated rings. The molecule has 16 heteroatoms. The molecule has 0 spiro atoms. The molecule has 0 aliphatic carbocycles. The van der Waals surface area contributed by atoms with Gasteiger partial charge in [-0.1, -0.05) is 33.8 Å². The first-order chi connectivity index (χ1) is 30.6. The van der Waals surface area contributed by atoms with Gasteiger partial charge < -0.3 is 34.1 Å². The van der Waals surface area contributed by atoms with E-state index in [4.69, 9.17) is 19.4 Å². The number of fused-ring (bicyclic) bond motifs is 7. The van der Waals surface area contributed by atoms with Crippen LogP contribution in [0.25, 0.3) is 33.4 Å². The fourth-order valence-corrected chi connectivity index (χ4v) is 11.1. The minimum absolute atomic E-state index is 0.118. The maximum Gasteiger partial charge on any atom is 0.324 e. The van der Waals surface area contributed by atoms with Gasteiger partial charge in [0.25, 0.3) is 5.91 Å². The number of ether oxygens (including phenoxy) is 2. The van der Waals surface area contributed by atoms with Crippen molar-refractivity contribution in [1.82, 2.24) is 45.0 Å². The van der Waals surface area contributed by atoms with Gasteiger partial charge >= 0.3 is 12.0 Å². The Morgan fingerprint density at radius 2 is 1.92 bits per heavy atom. The van der Waals surface area contributed by atoms with Crippen molar-refractivity contribution in [2.45, 2.75) is 110 Å². The number of carbonyl (C=O) groups is 4. The van der Waals surface area contributed by atoms with E-state index in [0.29, 0.717) is 49.8 Å². The van der Waals surface area contributed by atoms with Crippen LogP contribution in [0.3, 0.4) is 0 Å². The third-order valence-corrected chi connectivity index (χ3v) is 14.6. The van der Waals surface area contributed by atoms with Gasteiger partial charge in [-0.05, 0) is 94.8 Å². The number of esters is 1. The predicted molar refractivity (Wildman–Crippen MR) is 247 cm³/mol. The van der Waals surface area contributed by atoms with Gasteiger partial charge in [-0.15, -0.1) is 11.3 Å². The first-order valence-electron chi connectivity index (χ1n) is 22.9. The average Bonchev–Trinajstić information content (AvgIpc) is 3.87. The van der Waals surface area contributed by atoms with E-state index in [0.717, 1.165) is 64.2 Å². The SMILES string of the molecule is CCn1c(-c2cccnc2[C@H](C)OC)c2c3cc(ccc31)-c1csc(n1)C[C@H](NC(=O)[C@H](C(C)C)N(C)C(=O)N1CC3CCN(C)CC31)C(=O)N1CCC[C@H](N1)C(=O)OCC(C)(C)C2. The number of aromatic nitrogens is 3. The summed E-state index contributed by atoms with van der Waals surface area (Å²) < 4.78 is 14.3. The van der Waals surface area contributed by atoms with Crippen LogP contribution in [0.15, 0.2) is 41.9 Å². The van der Waals surface area contributed by atoms with Crippen molar-refractivity contribution >= 4 is 46.1 Å². The second kappa shape index (κ2) is 18.5. The van der Waals surface area contributed by atoms with Crippen LogP contribution in [-0.4, -0.2) is 136 Å². The van der Waals surface area contributed by atoms with E-state index < -0.39 is 35.4 Å². The van der Waals surface area contributed by atoms with Gasteiger partial charge in [0.1, 0.15) is 18.1 Å². The molecule has 4 aliphatic rings. The number of methoxy groups -OCH3 is 1. The van der Waals surface area contributed by atoms with Crippen molar-refractivity contribution in [1.29, 1.82) is 0 Å².